The van der Waals surface area contributed by atoms with Crippen molar-refractivity contribution < 1.29 is 17.6 Å². The number of amides is 1. The van der Waals surface area contributed by atoms with E-state index in [2.05, 4.69) is 15.9 Å². The average molecular weight is 449 g/mol. The van der Waals surface area contributed by atoms with E-state index in [1.807, 2.05) is 0 Å². The first-order valence-electron chi connectivity index (χ1n) is 7.36. The SMILES string of the molecule is CCN(Cc1cc(Br)ccc1F)C(=O)c1cc(S(C)(=O)=O)ccc1Cl. The van der Waals surface area contributed by atoms with Crippen LogP contribution >= 0.6 is 27.5 Å². The molecule has 0 aliphatic heterocycles. The first kappa shape index (κ1) is 19.9. The van der Waals surface area contributed by atoms with Gasteiger partial charge in [0.1, 0.15) is 5.82 Å². The van der Waals surface area contributed by atoms with Crippen LogP contribution in [0, 0.1) is 5.82 Å². The summed E-state index contributed by atoms with van der Waals surface area (Å²) < 4.78 is 38.1. The van der Waals surface area contributed by atoms with Gasteiger partial charge in [-0.15, -0.1) is 0 Å². The van der Waals surface area contributed by atoms with Gasteiger partial charge in [0.05, 0.1) is 15.5 Å². The third-order valence-electron chi connectivity index (χ3n) is 3.63. The molecular weight excluding hydrogens is 433 g/mol. The Morgan fingerprint density at radius 2 is 1.92 bits per heavy atom. The van der Waals surface area contributed by atoms with Crippen molar-refractivity contribution in [3.8, 4) is 0 Å². The number of carbonyl (C=O) groups excluding carboxylic acids is 1. The van der Waals surface area contributed by atoms with Crippen molar-refractivity contribution in [2.45, 2.75) is 18.4 Å². The van der Waals surface area contributed by atoms with Gasteiger partial charge in [-0.3, -0.25) is 4.79 Å². The second kappa shape index (κ2) is 7.85. The number of nitrogens with zero attached hydrogens (tertiary/aromatic N) is 1. The summed E-state index contributed by atoms with van der Waals surface area (Å²) in [4.78, 5) is 14.2. The lowest BCUT2D eigenvalue weighted by atomic mass is 10.1. The Balaban J connectivity index is 2.38. The topological polar surface area (TPSA) is 54.5 Å². The monoisotopic (exact) mass is 447 g/mol. The number of benzene rings is 2. The van der Waals surface area contributed by atoms with Crippen LogP contribution in [0.2, 0.25) is 5.02 Å². The minimum atomic E-state index is -3.47. The van der Waals surface area contributed by atoms with Crippen LogP contribution in [0.25, 0.3) is 0 Å². The predicted octanol–water partition coefficient (Wildman–Crippen LogP) is 4.31. The van der Waals surface area contributed by atoms with Crippen molar-refractivity contribution in [2.75, 3.05) is 12.8 Å². The quantitative estimate of drug-likeness (QED) is 0.685. The van der Waals surface area contributed by atoms with Crippen LogP contribution in [0.3, 0.4) is 0 Å². The molecule has 0 unspecified atom stereocenters. The van der Waals surface area contributed by atoms with E-state index in [0.29, 0.717) is 16.6 Å². The zero-order valence-electron chi connectivity index (χ0n) is 13.6. The molecular formula is C17H16BrClFNO3S. The third-order valence-corrected chi connectivity index (χ3v) is 5.57. The van der Waals surface area contributed by atoms with Gasteiger partial charge in [0.25, 0.3) is 5.91 Å². The molecule has 8 heteroatoms. The van der Waals surface area contributed by atoms with Gasteiger partial charge in [-0.2, -0.15) is 0 Å². The molecule has 0 radical (unpaired) electrons. The van der Waals surface area contributed by atoms with Crippen molar-refractivity contribution in [3.05, 3.63) is 62.8 Å². The summed E-state index contributed by atoms with van der Waals surface area (Å²) in [5, 5.41) is 0.144. The first-order valence-corrected chi connectivity index (χ1v) is 10.4. The summed E-state index contributed by atoms with van der Waals surface area (Å²) in [6.07, 6.45) is 1.05. The van der Waals surface area contributed by atoms with Gasteiger partial charge < -0.3 is 4.90 Å². The second-order valence-corrected chi connectivity index (χ2v) is 8.81. The maximum Gasteiger partial charge on any atom is 0.255 e. The van der Waals surface area contributed by atoms with Crippen LogP contribution < -0.4 is 0 Å². The molecule has 0 aliphatic carbocycles. The molecule has 0 fully saturated rings. The molecule has 0 spiro atoms. The van der Waals surface area contributed by atoms with Crippen LogP contribution in [-0.4, -0.2) is 32.0 Å². The van der Waals surface area contributed by atoms with Crippen LogP contribution in [0.1, 0.15) is 22.8 Å². The lowest BCUT2D eigenvalue weighted by molar-refractivity contribution is 0.0751. The van der Waals surface area contributed by atoms with Crippen LogP contribution in [0.15, 0.2) is 45.8 Å². The van der Waals surface area contributed by atoms with Crippen molar-refractivity contribution in [1.82, 2.24) is 4.90 Å². The molecule has 2 rings (SSSR count). The van der Waals surface area contributed by atoms with Crippen molar-refractivity contribution in [3.63, 3.8) is 0 Å². The second-order valence-electron chi connectivity index (χ2n) is 5.47. The molecule has 25 heavy (non-hydrogen) atoms. The molecule has 134 valence electrons. The van der Waals surface area contributed by atoms with E-state index >= 15 is 0 Å². The Bertz CT molecular complexity index is 918. The number of carbonyl (C=O) groups is 1. The predicted molar refractivity (Wildman–Crippen MR) is 99.1 cm³/mol. The Morgan fingerprint density at radius 1 is 1.24 bits per heavy atom. The fourth-order valence-corrected chi connectivity index (χ4v) is 3.52. The highest BCUT2D eigenvalue weighted by Crippen LogP contribution is 2.24. The smallest absolute Gasteiger partial charge is 0.255 e. The Hall–Kier alpha value is -1.44. The minimum absolute atomic E-state index is 0.00457. The molecule has 0 aliphatic rings. The third kappa shape index (κ3) is 4.80. The van der Waals surface area contributed by atoms with E-state index in [0.717, 1.165) is 6.26 Å². The van der Waals surface area contributed by atoms with E-state index < -0.39 is 21.6 Å². The Kier molecular flexibility index (Phi) is 6.24. The maximum atomic E-state index is 14.0. The van der Waals surface area contributed by atoms with Gasteiger partial charge >= 0.3 is 0 Å². The van der Waals surface area contributed by atoms with Crippen LogP contribution in [0.5, 0.6) is 0 Å². The molecule has 0 heterocycles. The van der Waals surface area contributed by atoms with Gasteiger partial charge in [0.15, 0.2) is 9.84 Å². The van der Waals surface area contributed by atoms with Crippen molar-refractivity contribution >= 4 is 43.3 Å². The number of rotatable bonds is 5. The zero-order chi connectivity index (χ0) is 18.8. The number of halogens is 3. The summed E-state index contributed by atoms with van der Waals surface area (Å²) in [6.45, 7) is 2.10. The lowest BCUT2D eigenvalue weighted by Gasteiger charge is -2.22. The molecule has 1 amide bonds. The van der Waals surface area contributed by atoms with E-state index in [1.165, 1.54) is 29.2 Å². The van der Waals surface area contributed by atoms with E-state index in [-0.39, 0.29) is 22.0 Å². The van der Waals surface area contributed by atoms with Crippen molar-refractivity contribution in [2.24, 2.45) is 0 Å². The normalized spacial score (nSPS) is 11.4. The first-order chi connectivity index (χ1) is 11.6. The minimum Gasteiger partial charge on any atom is -0.334 e. The van der Waals surface area contributed by atoms with Crippen LogP contribution in [0.4, 0.5) is 4.39 Å². The van der Waals surface area contributed by atoms with E-state index in [4.69, 9.17) is 11.6 Å². The maximum absolute atomic E-state index is 14.0. The molecule has 4 nitrogen and oxygen atoms in total. The van der Waals surface area contributed by atoms with Crippen LogP contribution in [-0.2, 0) is 16.4 Å². The average Bonchev–Trinajstić information content (AvgIpc) is 2.54. The largest absolute Gasteiger partial charge is 0.334 e. The summed E-state index contributed by atoms with van der Waals surface area (Å²) >= 11 is 9.35. The van der Waals surface area contributed by atoms with Gasteiger partial charge in [-0.1, -0.05) is 27.5 Å². The molecule has 0 saturated heterocycles. The van der Waals surface area contributed by atoms with E-state index in [9.17, 15) is 17.6 Å². The zero-order valence-corrected chi connectivity index (χ0v) is 16.8. The highest BCUT2D eigenvalue weighted by atomic mass is 79.9. The van der Waals surface area contributed by atoms with Gasteiger partial charge in [-0.05, 0) is 43.3 Å². The molecule has 0 atom stereocenters. The molecule has 0 bridgehead atoms. The highest BCUT2D eigenvalue weighted by molar-refractivity contribution is 9.10. The summed E-state index contributed by atoms with van der Waals surface area (Å²) in [6, 6.07) is 8.45. The van der Waals surface area contributed by atoms with Gasteiger partial charge in [-0.25, -0.2) is 12.8 Å². The van der Waals surface area contributed by atoms with Gasteiger partial charge in [0, 0.05) is 29.4 Å². The molecule has 0 saturated carbocycles. The lowest BCUT2D eigenvalue weighted by Crippen LogP contribution is -2.31. The highest BCUT2D eigenvalue weighted by Gasteiger charge is 2.21. The molecule has 2 aromatic rings. The fraction of sp³-hybridized carbons (Fsp3) is 0.235. The molecule has 0 N–H and O–H groups in total. The summed E-state index contributed by atoms with van der Waals surface area (Å²) in [5.41, 5.74) is 0.418. The van der Waals surface area contributed by atoms with Crippen molar-refractivity contribution in [1.29, 1.82) is 0 Å². The number of hydrogen-bond donors (Lipinski definition) is 0. The van der Waals surface area contributed by atoms with Gasteiger partial charge in [0.2, 0.25) is 0 Å². The molecule has 0 aromatic heterocycles. The summed E-state index contributed by atoms with van der Waals surface area (Å²) in [5.74, 6) is -0.886. The number of hydrogen-bond acceptors (Lipinski definition) is 3. The molecule has 2 aromatic carbocycles. The Morgan fingerprint density at radius 3 is 2.52 bits per heavy atom. The number of sulfone groups is 1. The standard InChI is InChI=1S/C17H16BrClFNO3S/c1-3-21(10-11-8-12(18)4-7-16(11)20)17(22)14-9-13(25(2,23)24)5-6-15(14)19/h4-9H,3,10H2,1-2H3. The summed E-state index contributed by atoms with van der Waals surface area (Å²) in [7, 11) is -3.47. The fourth-order valence-electron chi connectivity index (χ4n) is 2.27. The Labute approximate surface area is 159 Å². The van der Waals surface area contributed by atoms with E-state index in [1.54, 1.807) is 19.1 Å².